The van der Waals surface area contributed by atoms with E-state index < -0.39 is 11.7 Å². The van der Waals surface area contributed by atoms with Gasteiger partial charge in [0.25, 0.3) is 0 Å². The van der Waals surface area contributed by atoms with E-state index in [0.717, 1.165) is 5.69 Å². The lowest BCUT2D eigenvalue weighted by Gasteiger charge is -2.23. The van der Waals surface area contributed by atoms with Gasteiger partial charge in [0, 0.05) is 17.5 Å². The summed E-state index contributed by atoms with van der Waals surface area (Å²) in [6, 6.07) is 13.3. The summed E-state index contributed by atoms with van der Waals surface area (Å²) < 4.78 is 20.3. The van der Waals surface area contributed by atoms with Crippen molar-refractivity contribution in [3.63, 3.8) is 0 Å². The molecule has 0 bridgehead atoms. The Morgan fingerprint density at radius 2 is 2.00 bits per heavy atom. The van der Waals surface area contributed by atoms with Crippen molar-refractivity contribution in [1.82, 2.24) is 9.78 Å². The van der Waals surface area contributed by atoms with E-state index in [1.165, 1.54) is 25.3 Å². The van der Waals surface area contributed by atoms with E-state index in [0.29, 0.717) is 17.1 Å². The lowest BCUT2D eigenvalue weighted by molar-refractivity contribution is -0.116. The first kappa shape index (κ1) is 17.9. The van der Waals surface area contributed by atoms with Crippen LogP contribution < -0.4 is 10.1 Å². The molecule has 1 amide bonds. The maximum Gasteiger partial charge on any atom is 0.226 e. The molecule has 0 saturated heterocycles. The second kappa shape index (κ2) is 6.92. The van der Waals surface area contributed by atoms with Crippen molar-refractivity contribution < 1.29 is 18.7 Å². The van der Waals surface area contributed by atoms with Gasteiger partial charge in [-0.25, -0.2) is 9.07 Å². The van der Waals surface area contributed by atoms with Gasteiger partial charge in [-0.3, -0.25) is 9.59 Å². The van der Waals surface area contributed by atoms with Crippen LogP contribution in [0.3, 0.4) is 0 Å². The van der Waals surface area contributed by atoms with Crippen molar-refractivity contribution in [2.75, 3.05) is 12.4 Å². The maximum atomic E-state index is 13.7. The number of carbonyl (C=O) groups excluding carboxylic acids is 2. The number of ether oxygens (including phenoxy) is 1. The number of nitrogens with one attached hydrogen (secondary N) is 1. The highest BCUT2D eigenvalue weighted by Gasteiger charge is 2.36. The van der Waals surface area contributed by atoms with Crippen LogP contribution in [0.2, 0.25) is 0 Å². The molecule has 0 saturated carbocycles. The number of hydrogen-bond donors (Lipinski definition) is 1. The molecule has 6 nitrogen and oxygen atoms in total. The number of anilines is 1. The van der Waals surface area contributed by atoms with Crippen molar-refractivity contribution in [2.45, 2.75) is 19.3 Å². The fourth-order valence-corrected chi connectivity index (χ4v) is 3.54. The summed E-state index contributed by atoms with van der Waals surface area (Å²) in [5.74, 6) is -1.30. The summed E-state index contributed by atoms with van der Waals surface area (Å²) in [6.45, 7) is 1.81. The molecule has 2 aromatic carbocycles. The molecular formula is C21H18FN3O3. The van der Waals surface area contributed by atoms with Gasteiger partial charge >= 0.3 is 0 Å². The van der Waals surface area contributed by atoms with Gasteiger partial charge < -0.3 is 10.1 Å². The number of carbonyl (C=O) groups is 2. The van der Waals surface area contributed by atoms with Crippen LogP contribution in [-0.4, -0.2) is 28.6 Å². The first-order chi connectivity index (χ1) is 13.5. The molecule has 0 unspecified atom stereocenters. The minimum absolute atomic E-state index is 0.00679. The third kappa shape index (κ3) is 2.94. The van der Waals surface area contributed by atoms with E-state index in [4.69, 9.17) is 4.74 Å². The highest BCUT2D eigenvalue weighted by atomic mass is 19.1. The zero-order valence-corrected chi connectivity index (χ0v) is 15.4. The van der Waals surface area contributed by atoms with Crippen LogP contribution in [0.1, 0.15) is 34.0 Å². The van der Waals surface area contributed by atoms with Gasteiger partial charge in [-0.2, -0.15) is 5.10 Å². The number of aromatic nitrogens is 2. The van der Waals surface area contributed by atoms with E-state index in [-0.39, 0.29) is 29.4 Å². The molecule has 1 aromatic heterocycles. The van der Waals surface area contributed by atoms with Crippen molar-refractivity contribution in [1.29, 1.82) is 0 Å². The molecule has 1 aliphatic heterocycles. The Hall–Kier alpha value is -3.48. The molecule has 1 atom stereocenters. The average molecular weight is 379 g/mol. The highest BCUT2D eigenvalue weighted by Crippen LogP contribution is 2.38. The van der Waals surface area contributed by atoms with Gasteiger partial charge in [0.15, 0.2) is 17.3 Å². The number of para-hydroxylation sites is 1. The number of hydrogen-bond acceptors (Lipinski definition) is 4. The SMILES string of the molecule is COc1cc(C(=O)[C@@H]2CC(=O)Nc3c2c(C)nn3-c2ccccc2)ccc1F. The standard InChI is InChI=1S/C21H18FN3O3/c1-12-19-15(20(27)13-8-9-16(22)17(10-13)28-2)11-18(26)23-21(19)25(24-12)14-6-4-3-5-7-14/h3-10,15H,11H2,1-2H3,(H,23,26)/t15-/m1/s1. The lowest BCUT2D eigenvalue weighted by Crippen LogP contribution is -2.28. The van der Waals surface area contributed by atoms with Gasteiger partial charge in [0.05, 0.1) is 24.4 Å². The lowest BCUT2D eigenvalue weighted by atomic mass is 9.85. The van der Waals surface area contributed by atoms with Gasteiger partial charge in [-0.15, -0.1) is 0 Å². The van der Waals surface area contributed by atoms with Crippen LogP contribution in [0.15, 0.2) is 48.5 Å². The minimum Gasteiger partial charge on any atom is -0.494 e. The van der Waals surface area contributed by atoms with E-state index in [1.807, 2.05) is 30.3 Å². The largest absolute Gasteiger partial charge is 0.494 e. The number of halogens is 1. The average Bonchev–Trinajstić information content (AvgIpc) is 3.04. The Bertz CT molecular complexity index is 1080. The molecule has 4 rings (SSSR count). The molecule has 0 radical (unpaired) electrons. The van der Waals surface area contributed by atoms with Crippen molar-refractivity contribution in [3.05, 3.63) is 71.2 Å². The number of nitrogens with zero attached hydrogens (tertiary/aromatic N) is 2. The smallest absolute Gasteiger partial charge is 0.226 e. The van der Waals surface area contributed by atoms with Gasteiger partial charge in [-0.1, -0.05) is 18.2 Å². The summed E-state index contributed by atoms with van der Waals surface area (Å²) >= 11 is 0. The van der Waals surface area contributed by atoms with Crippen molar-refractivity contribution in [3.8, 4) is 11.4 Å². The normalized spacial score (nSPS) is 15.7. The summed E-state index contributed by atoms with van der Waals surface area (Å²) in [5.41, 5.74) is 2.41. The molecule has 0 aliphatic carbocycles. The molecule has 3 aromatic rings. The Balaban J connectivity index is 1.80. The summed E-state index contributed by atoms with van der Waals surface area (Å²) in [7, 11) is 1.34. The Kier molecular flexibility index (Phi) is 4.43. The molecule has 7 heteroatoms. The van der Waals surface area contributed by atoms with Crippen LogP contribution in [-0.2, 0) is 4.79 Å². The van der Waals surface area contributed by atoms with Crippen LogP contribution in [0.25, 0.3) is 5.69 Å². The van der Waals surface area contributed by atoms with Gasteiger partial charge in [0.2, 0.25) is 5.91 Å². The maximum absolute atomic E-state index is 13.7. The molecule has 1 N–H and O–H groups in total. The monoisotopic (exact) mass is 379 g/mol. The van der Waals surface area contributed by atoms with E-state index in [9.17, 15) is 14.0 Å². The number of ketones is 1. The summed E-state index contributed by atoms with van der Waals surface area (Å²) in [6.07, 6.45) is 0.00679. The van der Waals surface area contributed by atoms with Crippen LogP contribution in [0.4, 0.5) is 10.2 Å². The fourth-order valence-electron chi connectivity index (χ4n) is 3.54. The number of Topliss-reactive ketones (excluding diaryl/α,β-unsaturated/α-hetero) is 1. The zero-order chi connectivity index (χ0) is 19.8. The Morgan fingerprint density at radius 3 is 2.71 bits per heavy atom. The van der Waals surface area contributed by atoms with E-state index in [1.54, 1.807) is 11.6 Å². The number of aryl methyl sites for hydroxylation is 1. The first-order valence-electron chi connectivity index (χ1n) is 8.82. The first-order valence-corrected chi connectivity index (χ1v) is 8.82. The molecule has 0 spiro atoms. The van der Waals surface area contributed by atoms with Gasteiger partial charge in [0.1, 0.15) is 5.82 Å². The highest BCUT2D eigenvalue weighted by molar-refractivity contribution is 6.08. The van der Waals surface area contributed by atoms with Crippen LogP contribution >= 0.6 is 0 Å². The number of methoxy groups -OCH3 is 1. The van der Waals surface area contributed by atoms with Crippen molar-refractivity contribution >= 4 is 17.5 Å². The predicted octanol–water partition coefficient (Wildman–Crippen LogP) is 3.64. The third-order valence-electron chi connectivity index (χ3n) is 4.86. The number of rotatable bonds is 4. The summed E-state index contributed by atoms with van der Waals surface area (Å²) in [5, 5.41) is 7.38. The summed E-state index contributed by atoms with van der Waals surface area (Å²) in [4.78, 5) is 25.5. The number of fused-ring (bicyclic) bond motifs is 1. The molecule has 0 fully saturated rings. The second-order valence-corrected chi connectivity index (χ2v) is 6.61. The quantitative estimate of drug-likeness (QED) is 0.703. The second-order valence-electron chi connectivity index (χ2n) is 6.61. The molecule has 28 heavy (non-hydrogen) atoms. The minimum atomic E-state index is -0.698. The molecule has 1 aliphatic rings. The predicted molar refractivity (Wildman–Crippen MR) is 102 cm³/mol. The molecular weight excluding hydrogens is 361 g/mol. The molecule has 142 valence electrons. The number of benzene rings is 2. The van der Waals surface area contributed by atoms with Crippen molar-refractivity contribution in [2.24, 2.45) is 0 Å². The third-order valence-corrected chi connectivity index (χ3v) is 4.86. The number of amides is 1. The molecule has 2 heterocycles. The Labute approximate surface area is 160 Å². The zero-order valence-electron chi connectivity index (χ0n) is 15.4. The Morgan fingerprint density at radius 1 is 1.25 bits per heavy atom. The van der Waals surface area contributed by atoms with Crippen LogP contribution in [0.5, 0.6) is 5.75 Å². The van der Waals surface area contributed by atoms with E-state index >= 15 is 0 Å². The fraction of sp³-hybridized carbons (Fsp3) is 0.190. The van der Waals surface area contributed by atoms with Gasteiger partial charge in [-0.05, 0) is 37.3 Å². The van der Waals surface area contributed by atoms with E-state index in [2.05, 4.69) is 10.4 Å². The van der Waals surface area contributed by atoms with Crippen LogP contribution in [0, 0.1) is 12.7 Å². The topological polar surface area (TPSA) is 73.2 Å².